The molecule has 1 heterocycles. The summed E-state index contributed by atoms with van der Waals surface area (Å²) in [5, 5.41) is 20.3. The van der Waals surface area contributed by atoms with Crippen LogP contribution in [-0.4, -0.2) is 40.0 Å². The van der Waals surface area contributed by atoms with Gasteiger partial charge in [-0.2, -0.15) is 0 Å². The number of hydrogen-bond acceptors (Lipinski definition) is 4. The van der Waals surface area contributed by atoms with Gasteiger partial charge in [0.15, 0.2) is 0 Å². The molecular weight excluding hydrogens is 248 g/mol. The van der Waals surface area contributed by atoms with Crippen LogP contribution in [0.2, 0.25) is 0 Å². The highest BCUT2D eigenvalue weighted by atomic mass is 16.6. The van der Waals surface area contributed by atoms with Gasteiger partial charge in [0.25, 0.3) is 11.6 Å². The van der Waals surface area contributed by atoms with E-state index in [-0.39, 0.29) is 17.7 Å². The van der Waals surface area contributed by atoms with Crippen LogP contribution in [0.25, 0.3) is 0 Å². The highest BCUT2D eigenvalue weighted by Crippen LogP contribution is 2.21. The van der Waals surface area contributed by atoms with E-state index in [0.29, 0.717) is 37.1 Å². The predicted octanol–water partition coefficient (Wildman–Crippen LogP) is 1.50. The third-order valence-corrected chi connectivity index (χ3v) is 3.40. The lowest BCUT2D eigenvalue weighted by Gasteiger charge is -2.29. The fourth-order valence-electron chi connectivity index (χ4n) is 2.19. The van der Waals surface area contributed by atoms with Crippen molar-refractivity contribution in [1.82, 2.24) is 4.90 Å². The normalized spacial score (nSPS) is 16.4. The largest absolute Gasteiger partial charge is 0.393 e. The van der Waals surface area contributed by atoms with Gasteiger partial charge in [0.1, 0.15) is 0 Å². The van der Waals surface area contributed by atoms with Crippen LogP contribution < -0.4 is 0 Å². The molecule has 19 heavy (non-hydrogen) atoms. The average molecular weight is 264 g/mol. The summed E-state index contributed by atoms with van der Waals surface area (Å²) in [6, 6.07) is 4.52. The first-order valence-electron chi connectivity index (χ1n) is 6.21. The number of aliphatic hydroxyl groups is 1. The van der Waals surface area contributed by atoms with E-state index in [1.54, 1.807) is 24.0 Å². The Morgan fingerprint density at radius 3 is 2.63 bits per heavy atom. The highest BCUT2D eigenvalue weighted by molar-refractivity contribution is 5.95. The van der Waals surface area contributed by atoms with Gasteiger partial charge in [-0.3, -0.25) is 14.9 Å². The second-order valence-electron chi connectivity index (χ2n) is 4.78. The molecule has 1 aromatic carbocycles. The van der Waals surface area contributed by atoms with Crippen molar-refractivity contribution in [2.45, 2.75) is 25.9 Å². The standard InChI is InChI=1S/C13H16N2O4/c1-9-2-3-10(8-12(9)15(18)19)13(17)14-6-4-11(16)5-7-14/h2-3,8,11,16H,4-7H2,1H3. The maximum Gasteiger partial charge on any atom is 0.273 e. The zero-order chi connectivity index (χ0) is 14.0. The number of nitro benzene ring substituents is 1. The number of carbonyl (C=O) groups is 1. The molecule has 1 fully saturated rings. The van der Waals surface area contributed by atoms with Crippen molar-refractivity contribution in [2.75, 3.05) is 13.1 Å². The molecule has 0 saturated carbocycles. The summed E-state index contributed by atoms with van der Waals surface area (Å²) in [4.78, 5) is 24.2. The van der Waals surface area contributed by atoms with Crippen LogP contribution in [0.5, 0.6) is 0 Å². The molecule has 1 aliphatic rings. The summed E-state index contributed by atoms with van der Waals surface area (Å²) >= 11 is 0. The number of aryl methyl sites for hydroxylation is 1. The topological polar surface area (TPSA) is 83.7 Å². The number of aliphatic hydroxyl groups excluding tert-OH is 1. The van der Waals surface area contributed by atoms with Crippen molar-refractivity contribution in [3.8, 4) is 0 Å². The lowest BCUT2D eigenvalue weighted by molar-refractivity contribution is -0.385. The zero-order valence-corrected chi connectivity index (χ0v) is 10.7. The van der Waals surface area contributed by atoms with E-state index in [4.69, 9.17) is 0 Å². The van der Waals surface area contributed by atoms with Crippen molar-refractivity contribution in [1.29, 1.82) is 0 Å². The van der Waals surface area contributed by atoms with Crippen LogP contribution in [0.3, 0.4) is 0 Å². The van der Waals surface area contributed by atoms with Gasteiger partial charge in [-0.1, -0.05) is 6.07 Å². The van der Waals surface area contributed by atoms with Crippen molar-refractivity contribution < 1.29 is 14.8 Å². The number of likely N-dealkylation sites (tertiary alicyclic amines) is 1. The minimum Gasteiger partial charge on any atom is -0.393 e. The Hall–Kier alpha value is -1.95. The summed E-state index contributed by atoms with van der Waals surface area (Å²) in [5.41, 5.74) is 0.826. The molecule has 2 rings (SSSR count). The maximum atomic E-state index is 12.2. The Kier molecular flexibility index (Phi) is 3.80. The maximum absolute atomic E-state index is 12.2. The van der Waals surface area contributed by atoms with Gasteiger partial charge in [0, 0.05) is 30.3 Å². The molecule has 1 saturated heterocycles. The number of nitro groups is 1. The molecule has 6 nitrogen and oxygen atoms in total. The first-order chi connectivity index (χ1) is 8.99. The molecule has 0 bridgehead atoms. The van der Waals surface area contributed by atoms with Crippen LogP contribution >= 0.6 is 0 Å². The summed E-state index contributed by atoms with van der Waals surface area (Å²) < 4.78 is 0. The van der Waals surface area contributed by atoms with Gasteiger partial charge < -0.3 is 10.0 Å². The molecule has 1 aliphatic heterocycles. The van der Waals surface area contributed by atoms with Gasteiger partial charge in [-0.05, 0) is 25.8 Å². The number of carbonyl (C=O) groups excluding carboxylic acids is 1. The lowest BCUT2D eigenvalue weighted by atomic mass is 10.1. The smallest absolute Gasteiger partial charge is 0.273 e. The summed E-state index contributed by atoms with van der Waals surface area (Å²) in [7, 11) is 0. The predicted molar refractivity (Wildman–Crippen MR) is 69.0 cm³/mol. The number of rotatable bonds is 2. The second-order valence-corrected chi connectivity index (χ2v) is 4.78. The van der Waals surface area contributed by atoms with Gasteiger partial charge in [0.05, 0.1) is 11.0 Å². The van der Waals surface area contributed by atoms with E-state index in [2.05, 4.69) is 0 Å². The first-order valence-corrected chi connectivity index (χ1v) is 6.21. The van der Waals surface area contributed by atoms with Gasteiger partial charge in [0.2, 0.25) is 0 Å². The van der Waals surface area contributed by atoms with Gasteiger partial charge in [-0.15, -0.1) is 0 Å². The molecule has 1 N–H and O–H groups in total. The summed E-state index contributed by atoms with van der Waals surface area (Å²) in [5.74, 6) is -0.213. The molecular formula is C13H16N2O4. The molecule has 0 unspecified atom stereocenters. The Morgan fingerprint density at radius 2 is 2.05 bits per heavy atom. The Bertz CT molecular complexity index is 507. The molecule has 0 spiro atoms. The molecule has 1 amide bonds. The summed E-state index contributed by atoms with van der Waals surface area (Å²) in [6.07, 6.45) is 0.760. The Labute approximate surface area is 110 Å². The second kappa shape index (κ2) is 5.36. The van der Waals surface area contributed by atoms with E-state index in [1.165, 1.54) is 6.07 Å². The molecule has 0 atom stereocenters. The molecule has 0 aromatic heterocycles. The molecule has 0 aliphatic carbocycles. The fourth-order valence-corrected chi connectivity index (χ4v) is 2.19. The summed E-state index contributed by atoms with van der Waals surface area (Å²) in [6.45, 7) is 2.62. The van der Waals surface area contributed by atoms with Crippen molar-refractivity contribution in [2.24, 2.45) is 0 Å². The monoisotopic (exact) mass is 264 g/mol. The highest BCUT2D eigenvalue weighted by Gasteiger charge is 2.23. The van der Waals surface area contributed by atoms with Gasteiger partial charge >= 0.3 is 0 Å². The van der Waals surface area contributed by atoms with E-state index in [9.17, 15) is 20.0 Å². The van der Waals surface area contributed by atoms with Crippen LogP contribution in [0, 0.1) is 17.0 Å². The molecule has 102 valence electrons. The molecule has 0 radical (unpaired) electrons. The minimum absolute atomic E-state index is 0.0390. The van der Waals surface area contributed by atoms with Crippen LogP contribution in [0.4, 0.5) is 5.69 Å². The number of benzene rings is 1. The number of hydrogen-bond donors (Lipinski definition) is 1. The first kappa shape index (κ1) is 13.5. The van der Waals surface area contributed by atoms with Crippen molar-refractivity contribution in [3.05, 3.63) is 39.4 Å². The molecule has 1 aromatic rings. The number of amides is 1. The zero-order valence-electron chi connectivity index (χ0n) is 10.7. The number of nitrogens with zero attached hydrogens (tertiary/aromatic N) is 2. The van der Waals surface area contributed by atoms with E-state index >= 15 is 0 Å². The SMILES string of the molecule is Cc1ccc(C(=O)N2CCC(O)CC2)cc1[N+](=O)[O-]. The van der Waals surface area contributed by atoms with Crippen LogP contribution in [-0.2, 0) is 0 Å². The minimum atomic E-state index is -0.480. The average Bonchev–Trinajstić information content (AvgIpc) is 2.39. The fraction of sp³-hybridized carbons (Fsp3) is 0.462. The van der Waals surface area contributed by atoms with E-state index < -0.39 is 4.92 Å². The quantitative estimate of drug-likeness (QED) is 0.648. The lowest BCUT2D eigenvalue weighted by Crippen LogP contribution is -2.40. The van der Waals surface area contributed by atoms with E-state index in [0.717, 1.165) is 0 Å². The van der Waals surface area contributed by atoms with Crippen LogP contribution in [0.15, 0.2) is 18.2 Å². The third kappa shape index (κ3) is 2.90. The van der Waals surface area contributed by atoms with Gasteiger partial charge in [-0.25, -0.2) is 0 Å². The Morgan fingerprint density at radius 1 is 1.42 bits per heavy atom. The van der Waals surface area contributed by atoms with Crippen molar-refractivity contribution in [3.63, 3.8) is 0 Å². The number of piperidine rings is 1. The van der Waals surface area contributed by atoms with Crippen LogP contribution in [0.1, 0.15) is 28.8 Å². The Balaban J connectivity index is 2.20. The van der Waals surface area contributed by atoms with Crippen molar-refractivity contribution >= 4 is 11.6 Å². The third-order valence-electron chi connectivity index (χ3n) is 3.40. The molecule has 6 heteroatoms. The van der Waals surface area contributed by atoms with E-state index in [1.807, 2.05) is 0 Å².